The topological polar surface area (TPSA) is 80.8 Å². The number of amides is 2. The molecule has 7 nitrogen and oxygen atoms in total. The van der Waals surface area contributed by atoms with Crippen molar-refractivity contribution in [3.63, 3.8) is 0 Å². The molecule has 0 saturated heterocycles. The largest absolute Gasteiger partial charge is 0.494 e. The van der Waals surface area contributed by atoms with Crippen LogP contribution < -0.4 is 19.7 Å². The van der Waals surface area contributed by atoms with E-state index in [1.165, 1.54) is 4.90 Å². The minimum atomic E-state index is -0.620. The van der Waals surface area contributed by atoms with Crippen LogP contribution in [-0.2, 0) is 9.59 Å². The zero-order valence-electron chi connectivity index (χ0n) is 19.2. The molecule has 2 aromatic carbocycles. The maximum atomic E-state index is 13.1. The van der Waals surface area contributed by atoms with Crippen LogP contribution in [-0.4, -0.2) is 36.1 Å². The Hall–Kier alpha value is -3.39. The number of benzene rings is 2. The molecular formula is C25H27N3O4S. The van der Waals surface area contributed by atoms with Crippen LogP contribution in [0.4, 0.5) is 11.4 Å². The first-order valence-corrected chi connectivity index (χ1v) is 11.8. The number of nitrogens with zero attached hydrogens (tertiary/aromatic N) is 2. The van der Waals surface area contributed by atoms with Gasteiger partial charge in [0.15, 0.2) is 6.10 Å². The number of hydrogen-bond acceptors (Lipinski definition) is 6. The SMILES string of the molecule is CCOc1ccc(NC(=O)CN2C(=O)C(CC)Oc3ccc(-c4nc(C)sc4C)cc32)cc1. The Morgan fingerprint density at radius 3 is 2.58 bits per heavy atom. The van der Waals surface area contributed by atoms with Gasteiger partial charge in [-0.25, -0.2) is 4.98 Å². The van der Waals surface area contributed by atoms with Crippen LogP contribution in [0.3, 0.4) is 0 Å². The van der Waals surface area contributed by atoms with Gasteiger partial charge in [0.25, 0.3) is 5.91 Å². The van der Waals surface area contributed by atoms with Gasteiger partial charge in [-0.05, 0) is 69.7 Å². The Morgan fingerprint density at radius 1 is 1.18 bits per heavy atom. The molecule has 8 heteroatoms. The third-order valence-corrected chi connectivity index (χ3v) is 6.25. The Balaban J connectivity index is 1.60. The first kappa shape index (κ1) is 22.8. The molecule has 1 aliphatic rings. The second kappa shape index (κ2) is 9.62. The fourth-order valence-corrected chi connectivity index (χ4v) is 4.67. The van der Waals surface area contributed by atoms with Crippen molar-refractivity contribution in [2.24, 2.45) is 0 Å². The number of rotatable bonds is 7. The summed E-state index contributed by atoms with van der Waals surface area (Å²) in [4.78, 5) is 33.2. The maximum Gasteiger partial charge on any atom is 0.268 e. The highest BCUT2D eigenvalue weighted by molar-refractivity contribution is 7.11. The van der Waals surface area contributed by atoms with Gasteiger partial charge in [-0.2, -0.15) is 0 Å². The summed E-state index contributed by atoms with van der Waals surface area (Å²) < 4.78 is 11.4. The van der Waals surface area contributed by atoms with Crippen molar-refractivity contribution in [1.82, 2.24) is 4.98 Å². The lowest BCUT2D eigenvalue weighted by atomic mass is 10.1. The van der Waals surface area contributed by atoms with Gasteiger partial charge < -0.3 is 14.8 Å². The highest BCUT2D eigenvalue weighted by Crippen LogP contribution is 2.39. The number of aryl methyl sites for hydroxylation is 2. The number of ether oxygens (including phenoxy) is 2. The van der Waals surface area contributed by atoms with Crippen molar-refractivity contribution in [1.29, 1.82) is 0 Å². The van der Waals surface area contributed by atoms with Crippen LogP contribution in [0.15, 0.2) is 42.5 Å². The normalized spacial score (nSPS) is 15.1. The lowest BCUT2D eigenvalue weighted by Crippen LogP contribution is -2.48. The van der Waals surface area contributed by atoms with E-state index in [1.807, 2.05) is 45.9 Å². The number of thiazole rings is 1. The van der Waals surface area contributed by atoms with Crippen molar-refractivity contribution in [2.75, 3.05) is 23.4 Å². The van der Waals surface area contributed by atoms with Crippen LogP contribution in [0.25, 0.3) is 11.3 Å². The number of hydrogen-bond donors (Lipinski definition) is 1. The standard InChI is InChI=1S/C25H27N3O4S/c1-5-21-25(30)28(14-23(29)27-18-8-10-19(11-9-18)31-6-2)20-13-17(7-12-22(20)32-21)24-15(3)33-16(4)26-24/h7-13,21H,5-6,14H2,1-4H3,(H,27,29). The van der Waals surface area contributed by atoms with Crippen LogP contribution in [0, 0.1) is 13.8 Å². The molecule has 1 atom stereocenters. The average molecular weight is 466 g/mol. The Labute approximate surface area is 197 Å². The summed E-state index contributed by atoms with van der Waals surface area (Å²) in [5.74, 6) is 0.804. The van der Waals surface area contributed by atoms with Crippen molar-refractivity contribution in [3.05, 3.63) is 52.3 Å². The monoisotopic (exact) mass is 465 g/mol. The highest BCUT2D eigenvalue weighted by atomic mass is 32.1. The molecule has 0 fully saturated rings. The third kappa shape index (κ3) is 4.85. The lowest BCUT2D eigenvalue weighted by Gasteiger charge is -2.34. The number of anilines is 2. The maximum absolute atomic E-state index is 13.1. The number of fused-ring (bicyclic) bond motifs is 1. The van der Waals surface area contributed by atoms with E-state index in [1.54, 1.807) is 35.6 Å². The van der Waals surface area contributed by atoms with Gasteiger partial charge in [0.05, 0.1) is 23.0 Å². The summed E-state index contributed by atoms with van der Waals surface area (Å²) in [7, 11) is 0. The van der Waals surface area contributed by atoms with E-state index < -0.39 is 6.10 Å². The first-order valence-electron chi connectivity index (χ1n) is 11.0. The molecule has 2 amide bonds. The van der Waals surface area contributed by atoms with Gasteiger partial charge in [0, 0.05) is 16.1 Å². The second-order valence-corrected chi connectivity index (χ2v) is 9.17. The predicted molar refractivity (Wildman–Crippen MR) is 130 cm³/mol. The molecule has 2 heterocycles. The van der Waals surface area contributed by atoms with E-state index in [9.17, 15) is 9.59 Å². The number of nitrogens with one attached hydrogen (secondary N) is 1. The fraction of sp³-hybridized carbons (Fsp3) is 0.320. The summed E-state index contributed by atoms with van der Waals surface area (Å²) in [5, 5.41) is 3.84. The van der Waals surface area contributed by atoms with E-state index in [2.05, 4.69) is 10.3 Å². The van der Waals surface area contributed by atoms with Crippen molar-refractivity contribution in [2.45, 2.75) is 40.2 Å². The Bertz CT molecular complexity index is 1170. The second-order valence-electron chi connectivity index (χ2n) is 7.76. The highest BCUT2D eigenvalue weighted by Gasteiger charge is 2.35. The molecule has 172 valence electrons. The van der Waals surface area contributed by atoms with E-state index in [4.69, 9.17) is 9.47 Å². The zero-order valence-corrected chi connectivity index (χ0v) is 20.0. The summed E-state index contributed by atoms with van der Waals surface area (Å²) in [6, 6.07) is 12.8. The molecule has 0 radical (unpaired) electrons. The predicted octanol–water partition coefficient (Wildman–Crippen LogP) is 4.97. The van der Waals surface area contributed by atoms with Crippen LogP contribution in [0.1, 0.15) is 30.2 Å². The molecule has 0 bridgehead atoms. The lowest BCUT2D eigenvalue weighted by molar-refractivity contribution is -0.128. The van der Waals surface area contributed by atoms with E-state index >= 15 is 0 Å². The number of carbonyl (C=O) groups excluding carboxylic acids is 2. The smallest absolute Gasteiger partial charge is 0.268 e. The zero-order chi connectivity index (χ0) is 23.5. The van der Waals surface area contributed by atoms with Crippen LogP contribution in [0.2, 0.25) is 0 Å². The van der Waals surface area contributed by atoms with Gasteiger partial charge >= 0.3 is 0 Å². The summed E-state index contributed by atoms with van der Waals surface area (Å²) in [6.45, 7) is 8.26. The van der Waals surface area contributed by atoms with Crippen molar-refractivity contribution in [3.8, 4) is 22.8 Å². The molecule has 0 spiro atoms. The van der Waals surface area contributed by atoms with Gasteiger partial charge in [-0.15, -0.1) is 11.3 Å². The van der Waals surface area contributed by atoms with Crippen molar-refractivity contribution >= 4 is 34.5 Å². The molecular weight excluding hydrogens is 438 g/mol. The van der Waals surface area contributed by atoms with E-state index in [0.29, 0.717) is 30.2 Å². The quantitative estimate of drug-likeness (QED) is 0.533. The van der Waals surface area contributed by atoms with Gasteiger partial charge in [-0.1, -0.05) is 6.92 Å². The Kier molecular flexibility index (Phi) is 6.65. The molecule has 1 N–H and O–H groups in total. The molecule has 4 rings (SSSR count). The minimum absolute atomic E-state index is 0.114. The van der Waals surface area contributed by atoms with E-state index in [-0.39, 0.29) is 18.4 Å². The van der Waals surface area contributed by atoms with Crippen LogP contribution >= 0.6 is 11.3 Å². The van der Waals surface area contributed by atoms with Gasteiger partial charge in [-0.3, -0.25) is 14.5 Å². The molecule has 3 aromatic rings. The first-order chi connectivity index (χ1) is 15.9. The number of carbonyl (C=O) groups is 2. The van der Waals surface area contributed by atoms with Gasteiger partial charge in [0.2, 0.25) is 5.91 Å². The van der Waals surface area contributed by atoms with Crippen molar-refractivity contribution < 1.29 is 19.1 Å². The summed E-state index contributed by atoms with van der Waals surface area (Å²) >= 11 is 1.63. The average Bonchev–Trinajstić information content (AvgIpc) is 3.14. The molecule has 1 aromatic heterocycles. The van der Waals surface area contributed by atoms with E-state index in [0.717, 1.165) is 26.9 Å². The molecule has 33 heavy (non-hydrogen) atoms. The molecule has 0 saturated carbocycles. The van der Waals surface area contributed by atoms with Gasteiger partial charge in [0.1, 0.15) is 18.0 Å². The fourth-order valence-electron chi connectivity index (χ4n) is 3.83. The Morgan fingerprint density at radius 2 is 1.94 bits per heavy atom. The summed E-state index contributed by atoms with van der Waals surface area (Å²) in [6.07, 6.45) is -0.105. The number of aromatic nitrogens is 1. The van der Waals surface area contributed by atoms with Crippen LogP contribution in [0.5, 0.6) is 11.5 Å². The molecule has 0 aliphatic carbocycles. The molecule has 1 aliphatic heterocycles. The third-order valence-electron chi connectivity index (χ3n) is 5.36. The summed E-state index contributed by atoms with van der Waals surface area (Å²) in [5.41, 5.74) is 2.98. The molecule has 1 unspecified atom stereocenters. The minimum Gasteiger partial charge on any atom is -0.494 e.